The lowest BCUT2D eigenvalue weighted by Crippen LogP contribution is -2.19. The van der Waals surface area contributed by atoms with Crippen LogP contribution in [0.15, 0.2) is 34.8 Å². The first-order chi connectivity index (χ1) is 9.42. The van der Waals surface area contributed by atoms with E-state index in [0.717, 1.165) is 12.1 Å². The monoisotopic (exact) mass is 343 g/mol. The normalized spacial score (nSPS) is 12.5. The van der Waals surface area contributed by atoms with E-state index in [1.54, 1.807) is 13.1 Å². The molecule has 1 nitrogen and oxygen atoms in total. The minimum Gasteiger partial charge on any atom is -0.309 e. The first-order valence-electron chi connectivity index (χ1n) is 6.01. The van der Waals surface area contributed by atoms with E-state index >= 15 is 0 Å². The Morgan fingerprint density at radius 1 is 1.00 bits per heavy atom. The van der Waals surface area contributed by atoms with Gasteiger partial charge in [-0.3, -0.25) is 0 Å². The summed E-state index contributed by atoms with van der Waals surface area (Å²) in [6.07, 6.45) is 0. The minimum atomic E-state index is -0.628. The zero-order valence-corrected chi connectivity index (χ0v) is 12.6. The Kier molecular flexibility index (Phi) is 4.50. The third-order valence-corrected chi connectivity index (χ3v) is 3.55. The molecule has 0 saturated heterocycles. The van der Waals surface area contributed by atoms with Crippen molar-refractivity contribution < 1.29 is 13.2 Å². The van der Waals surface area contributed by atoms with Gasteiger partial charge < -0.3 is 5.32 Å². The lowest BCUT2D eigenvalue weighted by Gasteiger charge is -2.19. The van der Waals surface area contributed by atoms with Gasteiger partial charge in [-0.05, 0) is 55.4 Å². The summed E-state index contributed by atoms with van der Waals surface area (Å²) >= 11 is 3.19. The fourth-order valence-electron chi connectivity index (χ4n) is 2.13. The highest BCUT2D eigenvalue weighted by Gasteiger charge is 2.19. The van der Waals surface area contributed by atoms with Gasteiger partial charge in [-0.2, -0.15) is 0 Å². The summed E-state index contributed by atoms with van der Waals surface area (Å²) in [7, 11) is 1.61. The molecule has 1 N–H and O–H groups in total. The van der Waals surface area contributed by atoms with E-state index in [0.29, 0.717) is 10.0 Å². The molecular formula is C15H13BrF3N. The van der Waals surface area contributed by atoms with Gasteiger partial charge in [0.15, 0.2) is 0 Å². The van der Waals surface area contributed by atoms with E-state index in [-0.39, 0.29) is 11.1 Å². The van der Waals surface area contributed by atoms with Crippen LogP contribution in [0.2, 0.25) is 0 Å². The third kappa shape index (κ3) is 3.04. The largest absolute Gasteiger partial charge is 0.309 e. The van der Waals surface area contributed by atoms with E-state index in [1.165, 1.54) is 19.1 Å². The fraction of sp³-hybridized carbons (Fsp3) is 0.200. The Morgan fingerprint density at radius 3 is 2.30 bits per heavy atom. The van der Waals surface area contributed by atoms with Crippen LogP contribution in [0.4, 0.5) is 13.2 Å². The van der Waals surface area contributed by atoms with Gasteiger partial charge >= 0.3 is 0 Å². The van der Waals surface area contributed by atoms with Crippen molar-refractivity contribution in [2.75, 3.05) is 7.05 Å². The Hall–Kier alpha value is -1.33. The number of nitrogens with one attached hydrogen (secondary N) is 1. The van der Waals surface area contributed by atoms with Crippen molar-refractivity contribution in [3.8, 4) is 0 Å². The molecule has 0 aliphatic heterocycles. The maximum Gasteiger partial charge on any atom is 0.128 e. The number of aryl methyl sites for hydroxylation is 1. The standard InChI is InChI=1S/C15H13BrF3N/c1-8-3-14(19)12(7-13(8)18)15(20-2)9-4-10(16)6-11(17)5-9/h3-7,15,20H,1-2H3. The second kappa shape index (κ2) is 5.97. The van der Waals surface area contributed by atoms with E-state index in [4.69, 9.17) is 0 Å². The Balaban J connectivity index is 2.55. The van der Waals surface area contributed by atoms with E-state index < -0.39 is 23.5 Å². The molecule has 5 heteroatoms. The molecule has 2 aromatic rings. The number of halogens is 4. The molecular weight excluding hydrogens is 331 g/mol. The van der Waals surface area contributed by atoms with Crippen LogP contribution < -0.4 is 5.32 Å². The van der Waals surface area contributed by atoms with Crippen molar-refractivity contribution in [1.29, 1.82) is 0 Å². The summed E-state index contributed by atoms with van der Waals surface area (Å²) in [4.78, 5) is 0. The van der Waals surface area contributed by atoms with E-state index in [2.05, 4.69) is 21.2 Å². The van der Waals surface area contributed by atoms with Crippen molar-refractivity contribution in [1.82, 2.24) is 5.32 Å². The minimum absolute atomic E-state index is 0.146. The summed E-state index contributed by atoms with van der Waals surface area (Å²) in [5.74, 6) is -1.46. The molecule has 2 aromatic carbocycles. The lowest BCUT2D eigenvalue weighted by molar-refractivity contribution is 0.551. The number of hydrogen-bond acceptors (Lipinski definition) is 1. The van der Waals surface area contributed by atoms with Crippen molar-refractivity contribution in [2.24, 2.45) is 0 Å². The topological polar surface area (TPSA) is 12.0 Å². The van der Waals surface area contributed by atoms with Crippen molar-refractivity contribution in [2.45, 2.75) is 13.0 Å². The summed E-state index contributed by atoms with van der Waals surface area (Å²) in [5.41, 5.74) is 0.899. The van der Waals surface area contributed by atoms with Crippen LogP contribution in [-0.4, -0.2) is 7.05 Å². The molecule has 106 valence electrons. The number of benzene rings is 2. The summed E-state index contributed by atoms with van der Waals surface area (Å²) in [5, 5.41) is 2.88. The van der Waals surface area contributed by atoms with E-state index in [1.807, 2.05) is 0 Å². The van der Waals surface area contributed by atoms with Gasteiger partial charge in [-0.15, -0.1) is 0 Å². The maximum atomic E-state index is 14.0. The van der Waals surface area contributed by atoms with Crippen LogP contribution in [0.1, 0.15) is 22.7 Å². The molecule has 20 heavy (non-hydrogen) atoms. The zero-order chi connectivity index (χ0) is 14.9. The van der Waals surface area contributed by atoms with Crippen LogP contribution in [0.25, 0.3) is 0 Å². The Bertz CT molecular complexity index is 623. The quantitative estimate of drug-likeness (QED) is 0.866. The first kappa shape index (κ1) is 15.1. The highest BCUT2D eigenvalue weighted by molar-refractivity contribution is 9.10. The molecule has 1 unspecified atom stereocenters. The van der Waals surface area contributed by atoms with Crippen LogP contribution in [0, 0.1) is 24.4 Å². The van der Waals surface area contributed by atoms with Gasteiger partial charge in [-0.25, -0.2) is 13.2 Å². The molecule has 0 aliphatic carbocycles. The molecule has 0 aliphatic rings. The Labute approximate surface area is 123 Å². The first-order valence-corrected chi connectivity index (χ1v) is 6.80. The average molecular weight is 344 g/mol. The van der Waals surface area contributed by atoms with Crippen molar-refractivity contribution in [3.63, 3.8) is 0 Å². The van der Waals surface area contributed by atoms with Gasteiger partial charge in [0, 0.05) is 10.0 Å². The van der Waals surface area contributed by atoms with Crippen LogP contribution in [0.3, 0.4) is 0 Å². The van der Waals surface area contributed by atoms with Gasteiger partial charge in [-0.1, -0.05) is 15.9 Å². The molecule has 0 spiro atoms. The SMILES string of the molecule is CNC(c1cc(F)cc(Br)c1)c1cc(F)c(C)cc1F. The average Bonchev–Trinajstić information content (AvgIpc) is 2.35. The molecule has 2 rings (SSSR count). The van der Waals surface area contributed by atoms with E-state index in [9.17, 15) is 13.2 Å². The predicted molar refractivity (Wildman–Crippen MR) is 76.1 cm³/mol. The van der Waals surface area contributed by atoms with Gasteiger partial charge in [0.05, 0.1) is 6.04 Å². The summed E-state index contributed by atoms with van der Waals surface area (Å²) in [6.45, 7) is 1.50. The van der Waals surface area contributed by atoms with Crippen molar-refractivity contribution in [3.05, 3.63) is 68.9 Å². The second-order valence-electron chi connectivity index (χ2n) is 4.55. The maximum absolute atomic E-state index is 14.0. The smallest absolute Gasteiger partial charge is 0.128 e. The number of rotatable bonds is 3. The molecule has 0 amide bonds. The van der Waals surface area contributed by atoms with Gasteiger partial charge in [0.2, 0.25) is 0 Å². The third-order valence-electron chi connectivity index (χ3n) is 3.10. The Morgan fingerprint density at radius 2 is 1.70 bits per heavy atom. The van der Waals surface area contributed by atoms with Crippen LogP contribution in [-0.2, 0) is 0 Å². The summed E-state index contributed by atoms with van der Waals surface area (Å²) in [6, 6.07) is 5.93. The molecule has 0 radical (unpaired) electrons. The molecule has 0 fully saturated rings. The lowest BCUT2D eigenvalue weighted by atomic mass is 9.97. The van der Waals surface area contributed by atoms with Crippen molar-refractivity contribution >= 4 is 15.9 Å². The predicted octanol–water partition coefficient (Wildman–Crippen LogP) is 4.48. The molecule has 1 atom stereocenters. The zero-order valence-electron chi connectivity index (χ0n) is 11.0. The molecule has 0 aromatic heterocycles. The summed E-state index contributed by atoms with van der Waals surface area (Å²) < 4.78 is 41.7. The van der Waals surface area contributed by atoms with Crippen LogP contribution >= 0.6 is 15.9 Å². The molecule has 0 heterocycles. The second-order valence-corrected chi connectivity index (χ2v) is 5.46. The highest BCUT2D eigenvalue weighted by Crippen LogP contribution is 2.28. The van der Waals surface area contributed by atoms with Gasteiger partial charge in [0.1, 0.15) is 17.5 Å². The highest BCUT2D eigenvalue weighted by atomic mass is 79.9. The molecule has 0 bridgehead atoms. The van der Waals surface area contributed by atoms with Gasteiger partial charge in [0.25, 0.3) is 0 Å². The number of hydrogen-bond donors (Lipinski definition) is 1. The van der Waals surface area contributed by atoms with Crippen LogP contribution in [0.5, 0.6) is 0 Å². The fourth-order valence-corrected chi connectivity index (χ4v) is 2.61. The molecule has 0 saturated carbocycles.